The Bertz CT molecular complexity index is 519. The first-order valence-corrected chi connectivity index (χ1v) is 4.70. The molecule has 5 nitrogen and oxygen atoms in total. The minimum atomic E-state index is -0.582. The summed E-state index contributed by atoms with van der Waals surface area (Å²) in [5.74, 6) is 0.268. The minimum absolute atomic E-state index is 0.140. The molecule has 1 aromatic heterocycles. The molecule has 1 heterocycles. The second-order valence-corrected chi connectivity index (χ2v) is 3.21. The summed E-state index contributed by atoms with van der Waals surface area (Å²) in [4.78, 5) is 17.6. The van der Waals surface area contributed by atoms with Gasteiger partial charge >= 0.3 is 0 Å². The van der Waals surface area contributed by atoms with E-state index in [-0.39, 0.29) is 5.82 Å². The van der Waals surface area contributed by atoms with E-state index in [1.165, 1.54) is 0 Å². The Kier molecular flexibility index (Phi) is 2.59. The number of nitrogens with one attached hydrogen (secondary N) is 1. The maximum absolute atomic E-state index is 10.9. The summed E-state index contributed by atoms with van der Waals surface area (Å²) in [5, 5.41) is 0. The van der Waals surface area contributed by atoms with Crippen molar-refractivity contribution >= 4 is 5.91 Å². The summed E-state index contributed by atoms with van der Waals surface area (Å²) in [6.07, 6.45) is 1.55. The van der Waals surface area contributed by atoms with Crippen LogP contribution < -0.4 is 10.5 Å². The van der Waals surface area contributed by atoms with Crippen molar-refractivity contribution in [3.8, 4) is 17.0 Å². The molecule has 0 saturated carbocycles. The average molecular weight is 217 g/mol. The van der Waals surface area contributed by atoms with Crippen LogP contribution >= 0.6 is 0 Å². The Morgan fingerprint density at radius 2 is 2.19 bits per heavy atom. The molecule has 0 saturated heterocycles. The molecule has 1 amide bonds. The van der Waals surface area contributed by atoms with E-state index < -0.39 is 5.91 Å². The number of rotatable bonds is 3. The van der Waals surface area contributed by atoms with E-state index in [4.69, 9.17) is 10.5 Å². The van der Waals surface area contributed by atoms with Gasteiger partial charge in [-0.15, -0.1) is 0 Å². The van der Waals surface area contributed by atoms with E-state index in [1.54, 1.807) is 13.3 Å². The first kappa shape index (κ1) is 10.2. The zero-order valence-corrected chi connectivity index (χ0v) is 8.73. The predicted octanol–water partition coefficient (Wildman–Crippen LogP) is 1.18. The van der Waals surface area contributed by atoms with Gasteiger partial charge in [-0.25, -0.2) is 4.98 Å². The van der Waals surface area contributed by atoms with Gasteiger partial charge in [-0.3, -0.25) is 4.79 Å². The smallest absolute Gasteiger partial charge is 0.284 e. The van der Waals surface area contributed by atoms with Crippen LogP contribution in [0.2, 0.25) is 0 Å². The van der Waals surface area contributed by atoms with Crippen LogP contribution in [0.15, 0.2) is 30.5 Å². The standard InChI is InChI=1S/C11H11N3O2/c1-16-9-5-3-2-4-7(9)8-6-13-11(14-8)10(12)15/h2-6H,1H3,(H2,12,15)(H,13,14). The summed E-state index contributed by atoms with van der Waals surface area (Å²) >= 11 is 0. The van der Waals surface area contributed by atoms with E-state index in [0.29, 0.717) is 11.4 Å². The van der Waals surface area contributed by atoms with Crippen LogP contribution in [0.1, 0.15) is 10.6 Å². The van der Waals surface area contributed by atoms with Gasteiger partial charge in [-0.1, -0.05) is 12.1 Å². The van der Waals surface area contributed by atoms with Crippen molar-refractivity contribution in [1.29, 1.82) is 0 Å². The highest BCUT2D eigenvalue weighted by Gasteiger charge is 2.10. The number of imidazole rings is 1. The lowest BCUT2D eigenvalue weighted by atomic mass is 10.1. The first-order valence-electron chi connectivity index (χ1n) is 4.70. The highest BCUT2D eigenvalue weighted by Crippen LogP contribution is 2.27. The molecule has 0 atom stereocenters. The van der Waals surface area contributed by atoms with E-state index in [9.17, 15) is 4.79 Å². The number of carbonyl (C=O) groups is 1. The zero-order valence-electron chi connectivity index (χ0n) is 8.73. The summed E-state index contributed by atoms with van der Waals surface area (Å²) in [6.45, 7) is 0. The molecule has 0 aliphatic heterocycles. The van der Waals surface area contributed by atoms with Crippen LogP contribution in [-0.2, 0) is 0 Å². The van der Waals surface area contributed by atoms with Gasteiger partial charge in [0.15, 0.2) is 5.82 Å². The van der Waals surface area contributed by atoms with Crippen molar-refractivity contribution in [3.63, 3.8) is 0 Å². The molecule has 0 radical (unpaired) electrons. The monoisotopic (exact) mass is 217 g/mol. The van der Waals surface area contributed by atoms with Crippen LogP contribution in [0.4, 0.5) is 0 Å². The van der Waals surface area contributed by atoms with Crippen LogP contribution in [-0.4, -0.2) is 23.0 Å². The molecule has 2 rings (SSSR count). The van der Waals surface area contributed by atoms with Gasteiger partial charge in [0.05, 0.1) is 19.0 Å². The maximum Gasteiger partial charge on any atom is 0.284 e. The lowest BCUT2D eigenvalue weighted by Gasteiger charge is -2.05. The second-order valence-electron chi connectivity index (χ2n) is 3.21. The topological polar surface area (TPSA) is 81.0 Å². The van der Waals surface area contributed by atoms with Crippen LogP contribution in [0.5, 0.6) is 5.75 Å². The number of nitrogens with zero attached hydrogens (tertiary/aromatic N) is 1. The fraction of sp³-hybridized carbons (Fsp3) is 0.0909. The molecule has 2 aromatic rings. The van der Waals surface area contributed by atoms with Crippen molar-refractivity contribution in [1.82, 2.24) is 9.97 Å². The number of aromatic nitrogens is 2. The molecular weight excluding hydrogens is 206 g/mol. The third-order valence-corrected chi connectivity index (χ3v) is 2.21. The Morgan fingerprint density at radius 1 is 1.44 bits per heavy atom. The summed E-state index contributed by atoms with van der Waals surface area (Å²) in [7, 11) is 1.59. The highest BCUT2D eigenvalue weighted by molar-refractivity contribution is 5.89. The highest BCUT2D eigenvalue weighted by atomic mass is 16.5. The summed E-state index contributed by atoms with van der Waals surface area (Å²) in [6, 6.07) is 7.45. The fourth-order valence-electron chi connectivity index (χ4n) is 1.45. The van der Waals surface area contributed by atoms with Crippen molar-refractivity contribution < 1.29 is 9.53 Å². The van der Waals surface area contributed by atoms with Crippen molar-refractivity contribution in [2.45, 2.75) is 0 Å². The first-order chi connectivity index (χ1) is 7.72. The normalized spacial score (nSPS) is 10.1. The van der Waals surface area contributed by atoms with Crippen molar-refractivity contribution in [3.05, 3.63) is 36.3 Å². The number of nitrogens with two attached hydrogens (primary N) is 1. The fourth-order valence-corrected chi connectivity index (χ4v) is 1.45. The number of ether oxygens (including phenoxy) is 1. The molecule has 3 N–H and O–H groups in total. The Labute approximate surface area is 92.3 Å². The van der Waals surface area contributed by atoms with Crippen LogP contribution in [0, 0.1) is 0 Å². The maximum atomic E-state index is 10.9. The lowest BCUT2D eigenvalue weighted by molar-refractivity contribution is 0.0991. The summed E-state index contributed by atoms with van der Waals surface area (Å²) < 4.78 is 5.21. The Balaban J connectivity index is 2.46. The van der Waals surface area contributed by atoms with Gasteiger partial charge in [0.2, 0.25) is 0 Å². The third-order valence-electron chi connectivity index (χ3n) is 2.21. The van der Waals surface area contributed by atoms with Crippen LogP contribution in [0.3, 0.4) is 0 Å². The zero-order chi connectivity index (χ0) is 11.5. The number of primary amides is 1. The second kappa shape index (κ2) is 4.06. The van der Waals surface area contributed by atoms with Gasteiger partial charge in [-0.2, -0.15) is 0 Å². The number of hydrogen-bond donors (Lipinski definition) is 2. The molecule has 82 valence electrons. The molecular formula is C11H11N3O2. The van der Waals surface area contributed by atoms with Gasteiger partial charge < -0.3 is 15.5 Å². The van der Waals surface area contributed by atoms with E-state index >= 15 is 0 Å². The van der Waals surface area contributed by atoms with E-state index in [1.807, 2.05) is 24.3 Å². The number of hydrogen-bond acceptors (Lipinski definition) is 3. The number of carbonyl (C=O) groups excluding carboxylic acids is 1. The number of benzene rings is 1. The third kappa shape index (κ3) is 1.75. The number of methoxy groups -OCH3 is 1. The largest absolute Gasteiger partial charge is 0.496 e. The van der Waals surface area contributed by atoms with Crippen LogP contribution in [0.25, 0.3) is 11.3 Å². The molecule has 0 fully saturated rings. The van der Waals surface area contributed by atoms with Crippen molar-refractivity contribution in [2.75, 3.05) is 7.11 Å². The minimum Gasteiger partial charge on any atom is -0.496 e. The molecule has 0 aliphatic rings. The van der Waals surface area contributed by atoms with Gasteiger partial charge in [-0.05, 0) is 12.1 Å². The Morgan fingerprint density at radius 3 is 2.81 bits per heavy atom. The number of amides is 1. The number of H-pyrrole nitrogens is 1. The molecule has 0 aliphatic carbocycles. The molecule has 0 unspecified atom stereocenters. The quantitative estimate of drug-likeness (QED) is 0.810. The average Bonchev–Trinajstić information content (AvgIpc) is 2.78. The van der Waals surface area contributed by atoms with Gasteiger partial charge in [0.1, 0.15) is 5.75 Å². The Hall–Kier alpha value is -2.30. The van der Waals surface area contributed by atoms with Gasteiger partial charge in [0.25, 0.3) is 5.91 Å². The number of para-hydroxylation sites is 1. The SMILES string of the molecule is COc1ccccc1-c1cnc(C(N)=O)[nH]1. The molecule has 0 spiro atoms. The molecule has 5 heteroatoms. The molecule has 0 bridgehead atoms. The molecule has 16 heavy (non-hydrogen) atoms. The van der Waals surface area contributed by atoms with E-state index in [2.05, 4.69) is 9.97 Å². The summed E-state index contributed by atoms with van der Waals surface area (Å²) in [5.41, 5.74) is 6.65. The molecule has 1 aromatic carbocycles. The van der Waals surface area contributed by atoms with Gasteiger partial charge in [0, 0.05) is 5.56 Å². The number of aromatic amines is 1. The lowest BCUT2D eigenvalue weighted by Crippen LogP contribution is -2.12. The van der Waals surface area contributed by atoms with Crippen molar-refractivity contribution in [2.24, 2.45) is 5.73 Å². The van der Waals surface area contributed by atoms with E-state index in [0.717, 1.165) is 5.56 Å². The predicted molar refractivity (Wildman–Crippen MR) is 59.1 cm³/mol.